The third kappa shape index (κ3) is 3.87. The maximum absolute atomic E-state index is 12.8. The van der Waals surface area contributed by atoms with Gasteiger partial charge >= 0.3 is 5.97 Å². The number of likely N-dealkylation sites (tertiary alicyclic amines) is 1. The molecule has 1 aromatic rings. The van der Waals surface area contributed by atoms with Crippen LogP contribution in [0.2, 0.25) is 0 Å². The Bertz CT molecular complexity index is 758. The van der Waals surface area contributed by atoms with Crippen molar-refractivity contribution in [3.05, 3.63) is 23.8 Å². The lowest BCUT2D eigenvalue weighted by Crippen LogP contribution is -2.45. The van der Waals surface area contributed by atoms with Crippen molar-refractivity contribution in [3.8, 4) is 5.75 Å². The second-order valence-corrected chi connectivity index (χ2v) is 8.24. The molecular weight excluding hydrogens is 334 g/mol. The van der Waals surface area contributed by atoms with Crippen LogP contribution in [0.25, 0.3) is 0 Å². The number of benzene rings is 1. The molecule has 24 heavy (non-hydrogen) atoms. The first-order valence-electron chi connectivity index (χ1n) is 7.53. The summed E-state index contributed by atoms with van der Waals surface area (Å²) < 4.78 is 28.6. The number of carbonyl (C=O) groups is 2. The van der Waals surface area contributed by atoms with Crippen LogP contribution in [-0.2, 0) is 14.6 Å². The van der Waals surface area contributed by atoms with Gasteiger partial charge in [0.2, 0.25) is 0 Å². The Hall–Kier alpha value is -2.09. The number of carbonyl (C=O) groups excluding carboxylic acids is 1. The highest BCUT2D eigenvalue weighted by Gasteiger charge is 2.33. The van der Waals surface area contributed by atoms with Gasteiger partial charge in [-0.3, -0.25) is 9.59 Å². The van der Waals surface area contributed by atoms with Gasteiger partial charge in [-0.15, -0.1) is 0 Å². The van der Waals surface area contributed by atoms with Gasteiger partial charge in [-0.05, 0) is 30.5 Å². The molecule has 1 aromatic carbocycles. The molecule has 7 nitrogen and oxygen atoms in total. The normalized spacial score (nSPS) is 21.4. The number of aliphatic carboxylic acids is 1. The summed E-state index contributed by atoms with van der Waals surface area (Å²) >= 11 is 0. The summed E-state index contributed by atoms with van der Waals surface area (Å²) in [4.78, 5) is 25.6. The number of hydrogen-bond donors (Lipinski definition) is 1. The van der Waals surface area contributed by atoms with Gasteiger partial charge in [-0.2, -0.15) is 0 Å². The topological polar surface area (TPSA) is 101 Å². The summed E-state index contributed by atoms with van der Waals surface area (Å²) in [6.45, 7) is 2.42. The molecular formula is C16H21NO6S. The number of rotatable bonds is 4. The average Bonchev–Trinajstić information content (AvgIpc) is 2.52. The summed E-state index contributed by atoms with van der Waals surface area (Å²) in [7, 11) is -2.08. The van der Waals surface area contributed by atoms with E-state index in [-0.39, 0.29) is 28.7 Å². The standard InChI is InChI=1S/C16H21NO6S/c1-10-6-11(16(19)20)9-17(8-10)15(18)13-7-12(24(3,21)22)4-5-14(13)23-2/h4-5,7,10-11H,6,8-9H2,1-3H3,(H,19,20). The minimum Gasteiger partial charge on any atom is -0.496 e. The van der Waals surface area contributed by atoms with Crippen LogP contribution in [0.4, 0.5) is 0 Å². The fraction of sp³-hybridized carbons (Fsp3) is 0.500. The van der Waals surface area contributed by atoms with E-state index < -0.39 is 27.6 Å². The van der Waals surface area contributed by atoms with Gasteiger partial charge in [0.1, 0.15) is 5.75 Å². The quantitative estimate of drug-likeness (QED) is 0.873. The molecule has 1 fully saturated rings. The first kappa shape index (κ1) is 18.3. The molecule has 0 aliphatic carbocycles. The highest BCUT2D eigenvalue weighted by molar-refractivity contribution is 7.90. The zero-order valence-corrected chi connectivity index (χ0v) is 14.7. The fourth-order valence-corrected chi connectivity index (χ4v) is 3.60. The van der Waals surface area contributed by atoms with Crippen LogP contribution in [0.15, 0.2) is 23.1 Å². The Morgan fingerprint density at radius 2 is 1.96 bits per heavy atom. The van der Waals surface area contributed by atoms with E-state index in [9.17, 15) is 23.1 Å². The summed E-state index contributed by atoms with van der Waals surface area (Å²) in [6.07, 6.45) is 1.58. The molecule has 1 aliphatic rings. The predicted octanol–water partition coefficient (Wildman–Crippen LogP) is 1.28. The number of carboxylic acids is 1. The van der Waals surface area contributed by atoms with Crippen LogP contribution in [0.1, 0.15) is 23.7 Å². The van der Waals surface area contributed by atoms with Gasteiger partial charge in [0, 0.05) is 19.3 Å². The molecule has 2 atom stereocenters. The van der Waals surface area contributed by atoms with Crippen LogP contribution < -0.4 is 4.74 Å². The highest BCUT2D eigenvalue weighted by Crippen LogP contribution is 2.28. The lowest BCUT2D eigenvalue weighted by molar-refractivity contribution is -0.143. The van der Waals surface area contributed by atoms with Crippen LogP contribution in [0, 0.1) is 11.8 Å². The molecule has 0 radical (unpaired) electrons. The molecule has 1 saturated heterocycles. The maximum atomic E-state index is 12.8. The minimum atomic E-state index is -3.47. The number of piperidine rings is 1. The molecule has 2 unspecified atom stereocenters. The minimum absolute atomic E-state index is 0.0199. The van der Waals surface area contributed by atoms with Crippen molar-refractivity contribution in [1.29, 1.82) is 0 Å². The van der Waals surface area contributed by atoms with Gasteiger partial charge in [-0.1, -0.05) is 6.92 Å². The number of ether oxygens (including phenoxy) is 1. The lowest BCUT2D eigenvalue weighted by atomic mass is 9.90. The van der Waals surface area contributed by atoms with E-state index in [1.54, 1.807) is 0 Å². The SMILES string of the molecule is COc1ccc(S(C)(=O)=O)cc1C(=O)N1CC(C)CC(C(=O)O)C1. The van der Waals surface area contributed by atoms with Gasteiger partial charge in [-0.25, -0.2) is 8.42 Å². The van der Waals surface area contributed by atoms with Crippen molar-refractivity contribution in [2.75, 3.05) is 26.5 Å². The van der Waals surface area contributed by atoms with E-state index in [0.717, 1.165) is 6.26 Å². The number of nitrogens with zero attached hydrogens (tertiary/aromatic N) is 1. The number of sulfone groups is 1. The molecule has 1 amide bonds. The maximum Gasteiger partial charge on any atom is 0.308 e. The fourth-order valence-electron chi connectivity index (χ4n) is 2.95. The van der Waals surface area contributed by atoms with E-state index >= 15 is 0 Å². The molecule has 1 heterocycles. The lowest BCUT2D eigenvalue weighted by Gasteiger charge is -2.35. The van der Waals surface area contributed by atoms with E-state index in [1.807, 2.05) is 6.92 Å². The second-order valence-electron chi connectivity index (χ2n) is 6.22. The molecule has 2 rings (SSSR count). The summed E-state index contributed by atoms with van der Waals surface area (Å²) in [5.74, 6) is -1.67. The van der Waals surface area contributed by atoms with Crippen molar-refractivity contribution in [3.63, 3.8) is 0 Å². The first-order valence-corrected chi connectivity index (χ1v) is 9.42. The van der Waals surface area contributed by atoms with Crippen LogP contribution in [0.3, 0.4) is 0 Å². The molecule has 0 spiro atoms. The molecule has 0 aromatic heterocycles. The predicted molar refractivity (Wildman–Crippen MR) is 86.9 cm³/mol. The smallest absolute Gasteiger partial charge is 0.308 e. The average molecular weight is 355 g/mol. The Balaban J connectivity index is 2.39. The highest BCUT2D eigenvalue weighted by atomic mass is 32.2. The number of methoxy groups -OCH3 is 1. The first-order chi connectivity index (χ1) is 11.1. The van der Waals surface area contributed by atoms with Crippen molar-refractivity contribution < 1.29 is 27.9 Å². The van der Waals surface area contributed by atoms with Gasteiger partial charge in [0.05, 0.1) is 23.5 Å². The van der Waals surface area contributed by atoms with Crippen molar-refractivity contribution in [1.82, 2.24) is 4.90 Å². The second kappa shape index (κ2) is 6.80. The van der Waals surface area contributed by atoms with E-state index in [4.69, 9.17) is 4.74 Å². The molecule has 1 N–H and O–H groups in total. The number of amides is 1. The zero-order chi connectivity index (χ0) is 18.1. The van der Waals surface area contributed by atoms with Crippen LogP contribution in [-0.4, -0.2) is 56.8 Å². The monoisotopic (exact) mass is 355 g/mol. The van der Waals surface area contributed by atoms with Crippen molar-refractivity contribution in [2.45, 2.75) is 18.2 Å². The molecule has 0 saturated carbocycles. The molecule has 8 heteroatoms. The molecule has 0 bridgehead atoms. The Morgan fingerprint density at radius 3 is 2.50 bits per heavy atom. The zero-order valence-electron chi connectivity index (χ0n) is 13.9. The number of hydrogen-bond acceptors (Lipinski definition) is 5. The summed E-state index contributed by atoms with van der Waals surface area (Å²) in [6, 6.07) is 4.10. The van der Waals surface area contributed by atoms with Gasteiger partial charge in [0.15, 0.2) is 9.84 Å². The van der Waals surface area contributed by atoms with E-state index in [2.05, 4.69) is 0 Å². The summed E-state index contributed by atoms with van der Waals surface area (Å²) in [5.41, 5.74) is 0.124. The van der Waals surface area contributed by atoms with Gasteiger partial charge < -0.3 is 14.7 Å². The van der Waals surface area contributed by atoms with Crippen molar-refractivity contribution in [2.24, 2.45) is 11.8 Å². The van der Waals surface area contributed by atoms with Crippen LogP contribution >= 0.6 is 0 Å². The third-order valence-corrected chi connectivity index (χ3v) is 5.24. The number of carboxylic acid groups (broad SMARTS) is 1. The summed E-state index contributed by atoms with van der Waals surface area (Å²) in [5, 5.41) is 9.24. The van der Waals surface area contributed by atoms with Crippen molar-refractivity contribution >= 4 is 21.7 Å². The van der Waals surface area contributed by atoms with Gasteiger partial charge in [0.25, 0.3) is 5.91 Å². The third-order valence-electron chi connectivity index (χ3n) is 4.13. The molecule has 1 aliphatic heterocycles. The molecule has 132 valence electrons. The van der Waals surface area contributed by atoms with E-state index in [0.29, 0.717) is 13.0 Å². The van der Waals surface area contributed by atoms with E-state index in [1.165, 1.54) is 30.2 Å². The Morgan fingerprint density at radius 1 is 1.29 bits per heavy atom. The van der Waals surface area contributed by atoms with Crippen LogP contribution in [0.5, 0.6) is 5.75 Å². The Labute approximate surface area is 141 Å². The Kier molecular flexibility index (Phi) is 5.17. The largest absolute Gasteiger partial charge is 0.496 e.